The molecule has 0 bridgehead atoms. The zero-order valence-electron chi connectivity index (χ0n) is 17.2. The van der Waals surface area contributed by atoms with Gasteiger partial charge in [0.05, 0.1) is 6.61 Å². The molecule has 5 heteroatoms. The number of hydrogen-bond donors (Lipinski definition) is 2. The van der Waals surface area contributed by atoms with Gasteiger partial charge in [-0.3, -0.25) is 0 Å². The summed E-state index contributed by atoms with van der Waals surface area (Å²) in [5.74, 6) is 0. The Morgan fingerprint density at radius 1 is 1.03 bits per heavy atom. The summed E-state index contributed by atoms with van der Waals surface area (Å²) in [5, 5.41) is 5.11. The fraction of sp³-hybridized carbons (Fsp3) is 0.400. The lowest BCUT2D eigenvalue weighted by atomic mass is 9.63. The maximum atomic E-state index is 12.1. The largest absolute Gasteiger partial charge is 0.508 e. The summed E-state index contributed by atoms with van der Waals surface area (Å²) >= 11 is 0. The van der Waals surface area contributed by atoms with Crippen LogP contribution in [0.4, 0.5) is 4.79 Å². The van der Waals surface area contributed by atoms with E-state index in [-0.39, 0.29) is 12.0 Å². The van der Waals surface area contributed by atoms with Gasteiger partial charge in [0.1, 0.15) is 6.61 Å². The molecule has 1 aliphatic heterocycles. The van der Waals surface area contributed by atoms with Crippen molar-refractivity contribution in [3.63, 3.8) is 0 Å². The van der Waals surface area contributed by atoms with E-state index in [9.17, 15) is 4.79 Å². The van der Waals surface area contributed by atoms with Crippen LogP contribution in [0.1, 0.15) is 48.5 Å². The third kappa shape index (κ3) is 3.58. The predicted molar refractivity (Wildman–Crippen MR) is 116 cm³/mol. The first-order chi connectivity index (χ1) is 14.8. The molecule has 1 saturated heterocycles. The number of carbonyl (C=O) groups is 1. The van der Waals surface area contributed by atoms with Crippen LogP contribution in [0.15, 0.2) is 54.6 Å². The Bertz CT molecular complexity index is 1030. The molecule has 5 rings (SSSR count). The van der Waals surface area contributed by atoms with Crippen LogP contribution in [0.3, 0.4) is 0 Å². The third-order valence-electron chi connectivity index (χ3n) is 6.82. The van der Waals surface area contributed by atoms with Crippen molar-refractivity contribution in [3.8, 4) is 0 Å². The van der Waals surface area contributed by atoms with Crippen LogP contribution in [-0.2, 0) is 22.5 Å². The maximum absolute atomic E-state index is 12.1. The van der Waals surface area contributed by atoms with Gasteiger partial charge in [-0.05, 0) is 61.3 Å². The molecule has 1 fully saturated rings. The number of benzene rings is 2. The standard InChI is InChI=1S/C25H28N2O3/c28-24(30-17-18-7-2-1-3-8-18)29-16-14-25-12-6-15-26-23(25)22-19-9-4-5-10-20(19)27-21(22)11-13-25/h1-5,7-10,23,26-27H,6,11-17H2/t23-,25-/m1/s1. The lowest BCUT2D eigenvalue weighted by Gasteiger charge is -2.48. The number of aromatic nitrogens is 1. The van der Waals surface area contributed by atoms with Crippen molar-refractivity contribution in [2.75, 3.05) is 13.2 Å². The number of hydrogen-bond acceptors (Lipinski definition) is 4. The Morgan fingerprint density at radius 3 is 2.77 bits per heavy atom. The van der Waals surface area contributed by atoms with Crippen LogP contribution >= 0.6 is 0 Å². The Kier molecular flexibility index (Phi) is 5.21. The van der Waals surface area contributed by atoms with E-state index in [0.717, 1.165) is 44.2 Å². The molecule has 0 amide bonds. The molecule has 2 N–H and O–H groups in total. The van der Waals surface area contributed by atoms with Gasteiger partial charge in [-0.2, -0.15) is 0 Å². The van der Waals surface area contributed by atoms with Crippen LogP contribution in [0.25, 0.3) is 10.9 Å². The topological polar surface area (TPSA) is 63.3 Å². The van der Waals surface area contributed by atoms with E-state index < -0.39 is 6.16 Å². The number of piperidine rings is 1. The molecular formula is C25H28N2O3. The highest BCUT2D eigenvalue weighted by molar-refractivity contribution is 5.85. The van der Waals surface area contributed by atoms with Gasteiger partial charge >= 0.3 is 6.16 Å². The van der Waals surface area contributed by atoms with Gasteiger partial charge in [-0.1, -0.05) is 48.5 Å². The van der Waals surface area contributed by atoms with E-state index in [0.29, 0.717) is 12.6 Å². The minimum atomic E-state index is -0.584. The highest BCUT2D eigenvalue weighted by Crippen LogP contribution is 2.52. The van der Waals surface area contributed by atoms with Crippen LogP contribution in [0.2, 0.25) is 0 Å². The fourth-order valence-corrected chi connectivity index (χ4v) is 5.34. The van der Waals surface area contributed by atoms with Gasteiger partial charge in [-0.15, -0.1) is 0 Å². The molecule has 2 atom stereocenters. The second kappa shape index (κ2) is 8.15. The van der Waals surface area contributed by atoms with E-state index in [1.165, 1.54) is 22.2 Å². The highest BCUT2D eigenvalue weighted by atomic mass is 16.7. The van der Waals surface area contributed by atoms with E-state index >= 15 is 0 Å². The number of aromatic amines is 1. The molecule has 2 heterocycles. The average molecular weight is 405 g/mol. The number of para-hydroxylation sites is 1. The quantitative estimate of drug-likeness (QED) is 0.569. The zero-order chi connectivity index (χ0) is 20.4. The van der Waals surface area contributed by atoms with E-state index in [1.54, 1.807) is 0 Å². The third-order valence-corrected chi connectivity index (χ3v) is 6.82. The Morgan fingerprint density at radius 2 is 1.87 bits per heavy atom. The van der Waals surface area contributed by atoms with Crippen LogP contribution < -0.4 is 5.32 Å². The van der Waals surface area contributed by atoms with Crippen molar-refractivity contribution in [2.24, 2.45) is 5.41 Å². The van der Waals surface area contributed by atoms with Crippen molar-refractivity contribution < 1.29 is 14.3 Å². The molecule has 30 heavy (non-hydrogen) atoms. The van der Waals surface area contributed by atoms with Gasteiger partial charge in [0, 0.05) is 22.6 Å². The first-order valence-corrected chi connectivity index (χ1v) is 10.9. The molecule has 1 aliphatic carbocycles. The summed E-state index contributed by atoms with van der Waals surface area (Å²) in [6, 6.07) is 18.6. The lowest BCUT2D eigenvalue weighted by Crippen LogP contribution is -2.46. The molecule has 2 aromatic carbocycles. The van der Waals surface area contributed by atoms with Gasteiger partial charge < -0.3 is 19.8 Å². The average Bonchev–Trinajstić information content (AvgIpc) is 3.17. The van der Waals surface area contributed by atoms with Gasteiger partial charge in [0.2, 0.25) is 0 Å². The van der Waals surface area contributed by atoms with Crippen molar-refractivity contribution in [3.05, 3.63) is 71.4 Å². The van der Waals surface area contributed by atoms with Gasteiger partial charge in [-0.25, -0.2) is 4.79 Å². The minimum absolute atomic E-state index is 0.121. The predicted octanol–water partition coefficient (Wildman–Crippen LogP) is 5.27. The molecule has 0 saturated carbocycles. The zero-order valence-corrected chi connectivity index (χ0v) is 17.2. The minimum Gasteiger partial charge on any atom is -0.434 e. The lowest BCUT2D eigenvalue weighted by molar-refractivity contribution is 0.0227. The van der Waals surface area contributed by atoms with Crippen LogP contribution in [0, 0.1) is 5.41 Å². The van der Waals surface area contributed by atoms with E-state index in [1.807, 2.05) is 30.3 Å². The summed E-state index contributed by atoms with van der Waals surface area (Å²) in [6.07, 6.45) is 4.73. The molecule has 0 radical (unpaired) electrons. The van der Waals surface area contributed by atoms with Crippen LogP contribution in [-0.4, -0.2) is 24.3 Å². The van der Waals surface area contributed by atoms with Crippen LogP contribution in [0.5, 0.6) is 0 Å². The fourth-order valence-electron chi connectivity index (χ4n) is 5.34. The molecule has 3 aromatic rings. The molecule has 1 aromatic heterocycles. The molecule has 5 nitrogen and oxygen atoms in total. The molecule has 0 spiro atoms. The highest BCUT2D eigenvalue weighted by Gasteiger charge is 2.45. The second-order valence-electron chi connectivity index (χ2n) is 8.54. The van der Waals surface area contributed by atoms with Crippen molar-refractivity contribution >= 4 is 17.1 Å². The first-order valence-electron chi connectivity index (χ1n) is 10.9. The normalized spacial score (nSPS) is 22.9. The Hall–Kier alpha value is -2.79. The number of rotatable bonds is 5. The summed E-state index contributed by atoms with van der Waals surface area (Å²) in [4.78, 5) is 15.7. The first kappa shape index (κ1) is 19.2. The summed E-state index contributed by atoms with van der Waals surface area (Å²) < 4.78 is 10.7. The monoisotopic (exact) mass is 404 g/mol. The number of carbonyl (C=O) groups excluding carboxylic acids is 1. The van der Waals surface area contributed by atoms with Crippen molar-refractivity contribution in [2.45, 2.75) is 44.8 Å². The number of ether oxygens (including phenoxy) is 2. The van der Waals surface area contributed by atoms with Crippen molar-refractivity contribution in [1.82, 2.24) is 10.3 Å². The number of H-pyrrole nitrogens is 1. The van der Waals surface area contributed by atoms with Gasteiger partial charge in [0.15, 0.2) is 0 Å². The van der Waals surface area contributed by atoms with Gasteiger partial charge in [0.25, 0.3) is 0 Å². The molecule has 0 unspecified atom stereocenters. The SMILES string of the molecule is O=C(OCC[C@]12CCCN[C@@H]1c1c([nH]c3ccccc13)CC2)OCc1ccccc1. The summed E-state index contributed by atoms with van der Waals surface area (Å²) in [5.41, 5.74) is 5.07. The summed E-state index contributed by atoms with van der Waals surface area (Å²) in [6.45, 7) is 1.67. The van der Waals surface area contributed by atoms with Crippen molar-refractivity contribution in [1.29, 1.82) is 0 Å². The molecule has 2 aliphatic rings. The van der Waals surface area contributed by atoms with E-state index in [4.69, 9.17) is 9.47 Å². The number of nitrogens with one attached hydrogen (secondary N) is 2. The number of fused-ring (bicyclic) bond motifs is 5. The van der Waals surface area contributed by atoms with E-state index in [2.05, 4.69) is 34.6 Å². The molecular weight excluding hydrogens is 376 g/mol. The Labute approximate surface area is 176 Å². The Balaban J connectivity index is 1.26. The molecule has 156 valence electrons. The second-order valence-corrected chi connectivity index (χ2v) is 8.54. The number of aryl methyl sites for hydroxylation is 1. The summed E-state index contributed by atoms with van der Waals surface area (Å²) in [7, 11) is 0. The smallest absolute Gasteiger partial charge is 0.434 e. The maximum Gasteiger partial charge on any atom is 0.508 e.